The van der Waals surface area contributed by atoms with Gasteiger partial charge < -0.3 is 9.67 Å². The number of benzene rings is 1. The first-order chi connectivity index (χ1) is 8.39. The summed E-state index contributed by atoms with van der Waals surface area (Å²) in [6.45, 7) is 6.30. The van der Waals surface area contributed by atoms with Crippen molar-refractivity contribution in [2.24, 2.45) is 0 Å². The summed E-state index contributed by atoms with van der Waals surface area (Å²) in [6, 6.07) is 6.83. The van der Waals surface area contributed by atoms with E-state index in [2.05, 4.69) is 30.3 Å². The predicted molar refractivity (Wildman–Crippen MR) is 69.6 cm³/mol. The minimum absolute atomic E-state index is 0.0582. The van der Waals surface area contributed by atoms with Crippen molar-refractivity contribution >= 4 is 5.97 Å². The molecule has 0 amide bonds. The number of imidazole rings is 1. The predicted octanol–water partition coefficient (Wildman–Crippen LogP) is 3.00. The van der Waals surface area contributed by atoms with Gasteiger partial charge in [0.1, 0.15) is 0 Å². The van der Waals surface area contributed by atoms with Crippen LogP contribution < -0.4 is 0 Å². The molecule has 0 saturated carbocycles. The lowest BCUT2D eigenvalue weighted by Crippen LogP contribution is -2.21. The number of rotatable bonds is 2. The Morgan fingerprint density at radius 2 is 1.83 bits per heavy atom. The number of carboxylic acids is 1. The number of nitrogens with zero attached hydrogens (tertiary/aromatic N) is 2. The largest absolute Gasteiger partial charge is 0.478 e. The van der Waals surface area contributed by atoms with Gasteiger partial charge in [-0.1, -0.05) is 12.1 Å². The summed E-state index contributed by atoms with van der Waals surface area (Å²) >= 11 is 0. The number of aromatic nitrogens is 2. The monoisotopic (exact) mass is 244 g/mol. The number of aromatic carboxylic acids is 1. The molecule has 1 heterocycles. The van der Waals surface area contributed by atoms with Gasteiger partial charge in [0.25, 0.3) is 0 Å². The molecule has 1 aromatic heterocycles. The molecule has 94 valence electrons. The minimum Gasteiger partial charge on any atom is -0.478 e. The normalized spacial score (nSPS) is 11.5. The van der Waals surface area contributed by atoms with Crippen molar-refractivity contribution in [3.8, 4) is 11.3 Å². The molecule has 0 aliphatic rings. The summed E-state index contributed by atoms with van der Waals surface area (Å²) in [5.74, 6) is -0.911. The molecule has 0 aliphatic heterocycles. The van der Waals surface area contributed by atoms with Crippen LogP contribution in [-0.2, 0) is 5.54 Å². The molecule has 4 nitrogen and oxygen atoms in total. The maximum Gasteiger partial charge on any atom is 0.335 e. The lowest BCUT2D eigenvalue weighted by Gasteiger charge is -2.23. The van der Waals surface area contributed by atoms with E-state index in [9.17, 15) is 4.79 Å². The molecule has 0 aliphatic carbocycles. The van der Waals surface area contributed by atoms with Gasteiger partial charge in [-0.05, 0) is 38.5 Å². The number of hydrogen-bond acceptors (Lipinski definition) is 2. The summed E-state index contributed by atoms with van der Waals surface area (Å²) in [6.07, 6.45) is 3.58. The maximum absolute atomic E-state index is 10.8. The molecule has 0 bridgehead atoms. The van der Waals surface area contributed by atoms with E-state index in [0.717, 1.165) is 11.3 Å². The fourth-order valence-electron chi connectivity index (χ4n) is 1.83. The van der Waals surface area contributed by atoms with Gasteiger partial charge in [-0.2, -0.15) is 0 Å². The second-order valence-corrected chi connectivity index (χ2v) is 5.20. The Bertz CT molecular complexity index is 562. The van der Waals surface area contributed by atoms with E-state index in [-0.39, 0.29) is 5.54 Å². The van der Waals surface area contributed by atoms with Crippen LogP contribution in [0, 0.1) is 0 Å². The summed E-state index contributed by atoms with van der Waals surface area (Å²) in [7, 11) is 0. The zero-order valence-electron chi connectivity index (χ0n) is 10.7. The molecule has 2 aromatic rings. The summed E-state index contributed by atoms with van der Waals surface area (Å²) in [4.78, 5) is 15.0. The molecule has 4 heteroatoms. The first-order valence-corrected chi connectivity index (χ1v) is 5.76. The van der Waals surface area contributed by atoms with E-state index in [1.165, 1.54) is 0 Å². The lowest BCUT2D eigenvalue weighted by molar-refractivity contribution is 0.0697. The van der Waals surface area contributed by atoms with Gasteiger partial charge in [0, 0.05) is 5.54 Å². The Morgan fingerprint density at radius 1 is 1.22 bits per heavy atom. The third kappa shape index (κ3) is 2.27. The van der Waals surface area contributed by atoms with Crippen LogP contribution in [0.3, 0.4) is 0 Å². The Balaban J connectivity index is 2.44. The molecule has 0 radical (unpaired) electrons. The topological polar surface area (TPSA) is 55.1 Å². The smallest absolute Gasteiger partial charge is 0.335 e. The number of carbonyl (C=O) groups is 1. The SMILES string of the molecule is CC(C)(C)n1cncc1-c1ccc(C(=O)O)cc1. The Hall–Kier alpha value is -2.10. The van der Waals surface area contributed by atoms with E-state index in [0.29, 0.717) is 5.56 Å². The molecule has 0 atom stereocenters. The van der Waals surface area contributed by atoms with Crippen LogP contribution in [0.1, 0.15) is 31.1 Å². The van der Waals surface area contributed by atoms with Gasteiger partial charge in [-0.3, -0.25) is 0 Å². The zero-order valence-corrected chi connectivity index (χ0v) is 10.7. The van der Waals surface area contributed by atoms with E-state index < -0.39 is 5.97 Å². The average Bonchev–Trinajstić information content (AvgIpc) is 2.77. The second kappa shape index (κ2) is 4.29. The molecule has 0 spiro atoms. The summed E-state index contributed by atoms with van der Waals surface area (Å²) < 4.78 is 2.07. The molecule has 1 N–H and O–H groups in total. The average molecular weight is 244 g/mol. The van der Waals surface area contributed by atoms with Crippen LogP contribution in [0.2, 0.25) is 0 Å². The first kappa shape index (κ1) is 12.4. The van der Waals surface area contributed by atoms with Crippen molar-refractivity contribution in [3.63, 3.8) is 0 Å². The van der Waals surface area contributed by atoms with Crippen molar-refractivity contribution < 1.29 is 9.90 Å². The molecule has 0 fully saturated rings. The van der Waals surface area contributed by atoms with E-state index in [1.807, 2.05) is 12.1 Å². The fourth-order valence-corrected chi connectivity index (χ4v) is 1.83. The van der Waals surface area contributed by atoms with Crippen molar-refractivity contribution in [1.29, 1.82) is 0 Å². The van der Waals surface area contributed by atoms with Crippen molar-refractivity contribution in [3.05, 3.63) is 42.4 Å². The van der Waals surface area contributed by atoms with E-state index >= 15 is 0 Å². The standard InChI is InChI=1S/C14H16N2O2/c1-14(2,3)16-9-15-8-12(16)10-4-6-11(7-5-10)13(17)18/h4-9H,1-3H3,(H,17,18). The fraction of sp³-hybridized carbons (Fsp3) is 0.286. The molecule has 1 aromatic carbocycles. The van der Waals surface area contributed by atoms with Crippen molar-refractivity contribution in [1.82, 2.24) is 9.55 Å². The second-order valence-electron chi connectivity index (χ2n) is 5.20. The highest BCUT2D eigenvalue weighted by atomic mass is 16.4. The molecule has 0 unspecified atom stereocenters. The zero-order chi connectivity index (χ0) is 13.3. The van der Waals surface area contributed by atoms with Gasteiger partial charge in [0.15, 0.2) is 0 Å². The molecule has 18 heavy (non-hydrogen) atoms. The quantitative estimate of drug-likeness (QED) is 0.883. The van der Waals surface area contributed by atoms with Gasteiger partial charge >= 0.3 is 5.97 Å². The third-order valence-electron chi connectivity index (χ3n) is 2.79. The van der Waals surface area contributed by atoms with Crippen LogP contribution in [0.25, 0.3) is 11.3 Å². The third-order valence-corrected chi connectivity index (χ3v) is 2.79. The van der Waals surface area contributed by atoms with Crippen LogP contribution in [0.5, 0.6) is 0 Å². The van der Waals surface area contributed by atoms with Gasteiger partial charge in [-0.15, -0.1) is 0 Å². The van der Waals surface area contributed by atoms with E-state index in [1.54, 1.807) is 24.7 Å². The number of hydrogen-bond donors (Lipinski definition) is 1. The highest BCUT2D eigenvalue weighted by Gasteiger charge is 2.17. The summed E-state index contributed by atoms with van der Waals surface area (Å²) in [5, 5.41) is 8.87. The Kier molecular flexibility index (Phi) is 2.95. The molecular formula is C14H16N2O2. The Labute approximate surface area is 106 Å². The maximum atomic E-state index is 10.8. The van der Waals surface area contributed by atoms with Crippen LogP contribution in [0.15, 0.2) is 36.8 Å². The first-order valence-electron chi connectivity index (χ1n) is 5.76. The highest BCUT2D eigenvalue weighted by Crippen LogP contribution is 2.25. The van der Waals surface area contributed by atoms with Crippen molar-refractivity contribution in [2.45, 2.75) is 26.3 Å². The van der Waals surface area contributed by atoms with Gasteiger partial charge in [0.05, 0.1) is 23.8 Å². The van der Waals surface area contributed by atoms with Crippen LogP contribution in [-0.4, -0.2) is 20.6 Å². The molecular weight excluding hydrogens is 228 g/mol. The lowest BCUT2D eigenvalue weighted by atomic mass is 10.1. The molecule has 0 saturated heterocycles. The highest BCUT2D eigenvalue weighted by molar-refractivity contribution is 5.88. The van der Waals surface area contributed by atoms with Crippen LogP contribution in [0.4, 0.5) is 0 Å². The Morgan fingerprint density at radius 3 is 2.33 bits per heavy atom. The number of carboxylic acid groups (broad SMARTS) is 1. The van der Waals surface area contributed by atoms with Gasteiger partial charge in [0.2, 0.25) is 0 Å². The van der Waals surface area contributed by atoms with Crippen molar-refractivity contribution in [2.75, 3.05) is 0 Å². The van der Waals surface area contributed by atoms with E-state index in [4.69, 9.17) is 5.11 Å². The molecule has 2 rings (SSSR count). The van der Waals surface area contributed by atoms with Crippen LogP contribution >= 0.6 is 0 Å². The minimum atomic E-state index is -0.911. The summed E-state index contributed by atoms with van der Waals surface area (Å²) in [5.41, 5.74) is 2.18. The van der Waals surface area contributed by atoms with Gasteiger partial charge in [-0.25, -0.2) is 9.78 Å².